The van der Waals surface area contributed by atoms with Crippen LogP contribution in [0.3, 0.4) is 0 Å². The number of hydrogen-bond acceptors (Lipinski definition) is 2. The summed E-state index contributed by atoms with van der Waals surface area (Å²) in [5.74, 6) is 0. The average Bonchev–Trinajstić information content (AvgIpc) is 3.52. The third-order valence-electron chi connectivity index (χ3n) is 10.0. The number of rotatable bonds is 8. The number of para-hydroxylation sites is 3. The van der Waals surface area contributed by atoms with E-state index in [4.69, 9.17) is 5.48 Å². The van der Waals surface area contributed by atoms with Gasteiger partial charge in [-0.3, -0.25) is 0 Å². The van der Waals surface area contributed by atoms with E-state index >= 15 is 0 Å². The molecule has 2 nitrogen and oxygen atoms in total. The van der Waals surface area contributed by atoms with Crippen LogP contribution >= 0.6 is 0 Å². The molecule has 8 aromatic rings. The van der Waals surface area contributed by atoms with Crippen molar-refractivity contribution in [2.24, 2.45) is 0 Å². The summed E-state index contributed by atoms with van der Waals surface area (Å²) in [6, 6.07) is 47.5. The predicted molar refractivity (Wildman–Crippen MR) is 224 cm³/mol. The Morgan fingerprint density at radius 1 is 0.340 bits per heavy atom. The van der Waals surface area contributed by atoms with E-state index in [0.717, 1.165) is 11.1 Å². The van der Waals surface area contributed by atoms with Gasteiger partial charge in [0.15, 0.2) is 0 Å². The van der Waals surface area contributed by atoms with Crippen molar-refractivity contribution in [1.29, 1.82) is 0 Å². The second-order valence-electron chi connectivity index (χ2n) is 13.6. The molecule has 0 saturated heterocycles. The summed E-state index contributed by atoms with van der Waals surface area (Å²) in [6.45, 7) is 4.38. The number of fused-ring (bicyclic) bond motifs is 3. The van der Waals surface area contributed by atoms with Crippen LogP contribution in [0.5, 0.6) is 0 Å². The third-order valence-corrected chi connectivity index (χ3v) is 10.0. The molecule has 0 atom stereocenters. The Morgan fingerprint density at radius 2 is 0.736 bits per heavy atom. The monoisotopic (exact) mass is 688 g/mol. The van der Waals surface area contributed by atoms with Gasteiger partial charge in [0.05, 0.1) is 11.0 Å². The van der Waals surface area contributed by atoms with Crippen molar-refractivity contribution in [3.8, 4) is 33.4 Å². The second-order valence-corrected chi connectivity index (χ2v) is 13.6. The van der Waals surface area contributed by atoms with Gasteiger partial charge < -0.3 is 9.80 Å². The van der Waals surface area contributed by atoms with Crippen LogP contribution in [0.4, 0.5) is 34.1 Å². The number of nitrogens with zero attached hydrogens (tertiary/aromatic N) is 2. The van der Waals surface area contributed by atoms with E-state index < -0.39 is 0 Å². The fourth-order valence-corrected chi connectivity index (χ4v) is 7.30. The van der Waals surface area contributed by atoms with E-state index in [-0.39, 0.29) is 76.3 Å². The summed E-state index contributed by atoms with van der Waals surface area (Å²) in [5.41, 5.74) is 8.42. The molecular weight excluding hydrogens is 641 g/mol. The summed E-state index contributed by atoms with van der Waals surface area (Å²) in [7, 11) is 0. The Bertz CT molecular complexity index is 2880. The van der Waals surface area contributed by atoms with Crippen LogP contribution in [-0.4, -0.2) is 0 Å². The van der Waals surface area contributed by atoms with E-state index in [1.807, 2.05) is 109 Å². The molecule has 2 heteroatoms. The molecule has 0 saturated carbocycles. The highest BCUT2D eigenvalue weighted by Crippen LogP contribution is 2.50. The zero-order valence-corrected chi connectivity index (χ0v) is 29.4. The smallest absolute Gasteiger partial charge is 0.0645 e. The Kier molecular flexibility index (Phi) is 6.24. The van der Waals surface area contributed by atoms with Crippen LogP contribution in [-0.2, 0) is 5.41 Å². The first-order chi connectivity index (χ1) is 29.4. The third kappa shape index (κ3) is 5.99. The molecule has 0 N–H and O–H groups in total. The van der Waals surface area contributed by atoms with Gasteiger partial charge in [-0.1, -0.05) is 147 Å². The average molecular weight is 689 g/mol. The molecule has 1 aliphatic rings. The van der Waals surface area contributed by atoms with E-state index in [9.17, 15) is 5.48 Å². The van der Waals surface area contributed by atoms with Gasteiger partial charge in [-0.25, -0.2) is 0 Å². The topological polar surface area (TPSA) is 6.48 Å². The van der Waals surface area contributed by atoms with Crippen molar-refractivity contribution in [3.05, 3.63) is 217 Å². The molecule has 0 aliphatic heterocycles. The maximum absolute atomic E-state index is 9.42. The molecular formula is C51H40N2. The molecule has 0 bridgehead atoms. The Labute approximate surface area is 324 Å². The summed E-state index contributed by atoms with van der Waals surface area (Å²) < 4.78 is 74.1. The SMILES string of the molecule is [2H]c1c([2H])c(N(c2ccccc2)c2ccccc2)c([2H])c([2H])c1-c1ccc(-c2c([2H])c([2H])c(N(c3ccccc3)c3ccc4c(c3)C(C)(C)c3ccccc3-4)c([2H])c2[2H])cc1. The molecule has 1 aliphatic carbocycles. The lowest BCUT2D eigenvalue weighted by atomic mass is 9.82. The molecule has 8 aromatic carbocycles. The van der Waals surface area contributed by atoms with Gasteiger partial charge in [-0.15, -0.1) is 0 Å². The fourth-order valence-electron chi connectivity index (χ4n) is 7.30. The lowest BCUT2D eigenvalue weighted by Crippen LogP contribution is -2.16. The highest BCUT2D eigenvalue weighted by molar-refractivity contribution is 5.86. The van der Waals surface area contributed by atoms with E-state index in [1.165, 1.54) is 11.1 Å². The van der Waals surface area contributed by atoms with Gasteiger partial charge >= 0.3 is 0 Å². The molecule has 0 fully saturated rings. The standard InChI is InChI=1S/C51H40N2/c1-51(2)49-21-13-12-20-47(49)48-35-34-46(36-50(48)51)53(43-18-10-5-11-19-43)45-32-28-40(29-33-45)38-24-22-37(23-25-38)39-26-30-44(31-27-39)52(41-14-6-3-7-15-41)42-16-8-4-9-17-42/h3-36H,1-2H3/i26D,27D,28D,29D,30D,31D,32D,33D. The van der Waals surface area contributed by atoms with Gasteiger partial charge in [0.1, 0.15) is 0 Å². The van der Waals surface area contributed by atoms with Crippen molar-refractivity contribution >= 4 is 34.1 Å². The number of benzene rings is 8. The van der Waals surface area contributed by atoms with Crippen molar-refractivity contribution < 1.29 is 11.0 Å². The fraction of sp³-hybridized carbons (Fsp3) is 0.0588. The van der Waals surface area contributed by atoms with E-state index in [0.29, 0.717) is 33.9 Å². The van der Waals surface area contributed by atoms with Crippen LogP contribution < -0.4 is 9.80 Å². The lowest BCUT2D eigenvalue weighted by Gasteiger charge is -2.28. The normalized spacial score (nSPS) is 14.6. The summed E-state index contributed by atoms with van der Waals surface area (Å²) in [5, 5.41) is 0. The highest BCUT2D eigenvalue weighted by Gasteiger charge is 2.35. The molecule has 0 radical (unpaired) electrons. The molecule has 53 heavy (non-hydrogen) atoms. The van der Waals surface area contributed by atoms with Gasteiger partial charge in [-0.05, 0) is 117 Å². The molecule has 254 valence electrons. The number of anilines is 6. The van der Waals surface area contributed by atoms with Crippen molar-refractivity contribution in [1.82, 2.24) is 0 Å². The Balaban J connectivity index is 1.12. The molecule has 0 spiro atoms. The lowest BCUT2D eigenvalue weighted by molar-refractivity contribution is 0.660. The van der Waals surface area contributed by atoms with E-state index in [1.54, 1.807) is 34.1 Å². The van der Waals surface area contributed by atoms with Crippen molar-refractivity contribution in [2.75, 3.05) is 9.80 Å². The molecule has 9 rings (SSSR count). The maximum atomic E-state index is 9.42. The molecule has 0 heterocycles. The summed E-state index contributed by atoms with van der Waals surface area (Å²) >= 11 is 0. The van der Waals surface area contributed by atoms with Gasteiger partial charge in [-0.2, -0.15) is 0 Å². The predicted octanol–water partition coefficient (Wildman–Crippen LogP) is 14.3. The highest BCUT2D eigenvalue weighted by atomic mass is 15.1. The van der Waals surface area contributed by atoms with Crippen LogP contribution in [0.15, 0.2) is 206 Å². The van der Waals surface area contributed by atoms with Crippen LogP contribution in [0, 0.1) is 0 Å². The zero-order chi connectivity index (χ0) is 42.7. The first-order valence-electron chi connectivity index (χ1n) is 21.7. The first-order valence-corrected chi connectivity index (χ1v) is 17.7. The van der Waals surface area contributed by atoms with E-state index in [2.05, 4.69) is 38.1 Å². The molecule has 0 unspecified atom stereocenters. The minimum atomic E-state index is -0.298. The minimum absolute atomic E-state index is 0.111. The second kappa shape index (κ2) is 13.5. The largest absolute Gasteiger partial charge is 0.311 e. The molecule has 0 amide bonds. The van der Waals surface area contributed by atoms with Gasteiger partial charge in [0.25, 0.3) is 0 Å². The Hall–Kier alpha value is -6.64. The zero-order valence-electron chi connectivity index (χ0n) is 37.4. The molecule has 0 aromatic heterocycles. The Morgan fingerprint density at radius 3 is 1.21 bits per heavy atom. The van der Waals surface area contributed by atoms with Crippen LogP contribution in [0.25, 0.3) is 33.4 Å². The summed E-state index contributed by atoms with van der Waals surface area (Å²) in [4.78, 5) is 3.53. The van der Waals surface area contributed by atoms with Crippen LogP contribution in [0.1, 0.15) is 35.9 Å². The maximum Gasteiger partial charge on any atom is 0.0645 e. The van der Waals surface area contributed by atoms with Gasteiger partial charge in [0.2, 0.25) is 0 Å². The van der Waals surface area contributed by atoms with Crippen LogP contribution in [0.2, 0.25) is 0 Å². The summed E-state index contributed by atoms with van der Waals surface area (Å²) in [6.07, 6.45) is 0. The minimum Gasteiger partial charge on any atom is -0.311 e. The van der Waals surface area contributed by atoms with Crippen molar-refractivity contribution in [2.45, 2.75) is 19.3 Å². The quantitative estimate of drug-likeness (QED) is 0.157. The first kappa shape index (κ1) is 24.5. The van der Waals surface area contributed by atoms with Gasteiger partial charge in [0, 0.05) is 39.5 Å². The number of hydrogen-bond donors (Lipinski definition) is 0. The van der Waals surface area contributed by atoms with Crippen molar-refractivity contribution in [3.63, 3.8) is 0 Å².